The van der Waals surface area contributed by atoms with E-state index >= 15 is 0 Å². The van der Waals surface area contributed by atoms with Crippen molar-refractivity contribution in [2.75, 3.05) is 6.61 Å². The summed E-state index contributed by atoms with van der Waals surface area (Å²) in [5, 5.41) is 0. The summed E-state index contributed by atoms with van der Waals surface area (Å²) in [7, 11) is -8.90. The second-order valence-corrected chi connectivity index (χ2v) is 10.6. The van der Waals surface area contributed by atoms with Crippen molar-refractivity contribution in [3.05, 3.63) is 0 Å². The molecule has 0 saturated heterocycles. The van der Waals surface area contributed by atoms with Crippen molar-refractivity contribution >= 4 is 0 Å². The van der Waals surface area contributed by atoms with Gasteiger partial charge < -0.3 is 0 Å². The Morgan fingerprint density at radius 3 is 1.85 bits per heavy atom. The van der Waals surface area contributed by atoms with Crippen LogP contribution in [0.25, 0.3) is 0 Å². The van der Waals surface area contributed by atoms with Gasteiger partial charge in [-0.05, 0) is 0 Å². The summed E-state index contributed by atoms with van der Waals surface area (Å²) < 4.78 is 66.4. The first kappa shape index (κ1) is 14.2. The average Bonchev–Trinajstić information content (AvgIpc) is 1.81. The Labute approximate surface area is 90.2 Å². The molecule has 0 aliphatic heterocycles. The second-order valence-electron chi connectivity index (χ2n) is 1.74. The number of hydrogen-bond donors (Lipinski definition) is 0. The molecule has 0 N–H and O–H groups in total. The van der Waals surface area contributed by atoms with Gasteiger partial charge >= 0.3 is 90.5 Å². The van der Waals surface area contributed by atoms with Gasteiger partial charge in [-0.1, -0.05) is 0 Å². The molecule has 0 aromatic heterocycles. The molecule has 0 heterocycles. The molecular formula is C2H4Cl2HgO8. The van der Waals surface area contributed by atoms with Crippen LogP contribution in [-0.4, -0.2) is 6.61 Å². The summed E-state index contributed by atoms with van der Waals surface area (Å²) in [5.41, 5.74) is 0. The van der Waals surface area contributed by atoms with E-state index in [1.54, 1.807) is 0 Å². The molecule has 0 amide bonds. The molecule has 0 atom stereocenters. The number of rotatable bonds is 6. The first-order valence-electron chi connectivity index (χ1n) is 2.81. The van der Waals surface area contributed by atoms with Gasteiger partial charge in [0.05, 0.1) is 0 Å². The maximum absolute atomic E-state index is 9.82. The van der Waals surface area contributed by atoms with Crippen LogP contribution in [0.3, 0.4) is 0 Å². The summed E-state index contributed by atoms with van der Waals surface area (Å²) >= 11 is -2.41. The zero-order valence-corrected chi connectivity index (χ0v) is 13.2. The Morgan fingerprint density at radius 1 is 0.923 bits per heavy atom. The molecular weight excluding hydrogens is 424 g/mol. The van der Waals surface area contributed by atoms with E-state index in [0.717, 1.165) is 0 Å². The van der Waals surface area contributed by atoms with Gasteiger partial charge in [-0.25, -0.2) is 0 Å². The van der Waals surface area contributed by atoms with Gasteiger partial charge in [-0.3, -0.25) is 0 Å². The molecule has 0 aromatic carbocycles. The molecule has 0 radical (unpaired) electrons. The van der Waals surface area contributed by atoms with Crippen LogP contribution in [0.4, 0.5) is 0 Å². The van der Waals surface area contributed by atoms with E-state index in [9.17, 15) is 28.0 Å². The molecule has 76 valence electrons. The van der Waals surface area contributed by atoms with Crippen LogP contribution < -0.4 is 28.0 Å². The third-order valence-corrected chi connectivity index (χ3v) is 8.71. The predicted octanol–water partition coefficient (Wildman–Crippen LogP) is -6.77. The molecule has 0 saturated carbocycles. The van der Waals surface area contributed by atoms with Crippen LogP contribution >= 0.6 is 0 Å². The summed E-state index contributed by atoms with van der Waals surface area (Å²) in [4.78, 5) is 0. The number of hydrogen-bond acceptors (Lipinski definition) is 8. The summed E-state index contributed by atoms with van der Waals surface area (Å²) in [6, 6.07) is 0. The van der Waals surface area contributed by atoms with E-state index in [1.807, 2.05) is 0 Å². The Bertz CT molecular complexity index is 124. The van der Waals surface area contributed by atoms with Crippen molar-refractivity contribution in [2.24, 2.45) is 0 Å². The molecule has 0 fully saturated rings. The van der Waals surface area contributed by atoms with Gasteiger partial charge in [0.25, 0.3) is 0 Å². The molecule has 11 heteroatoms. The molecule has 0 rings (SSSR count). The summed E-state index contributed by atoms with van der Waals surface area (Å²) in [6.45, 7) is -0.444. The maximum atomic E-state index is 9.82. The zero-order chi connectivity index (χ0) is 10.5. The molecule has 0 aliphatic carbocycles. The first-order valence-corrected chi connectivity index (χ1v) is 11.4. The normalized spacial score (nSPS) is 12.8. The third kappa shape index (κ3) is 13.2. The van der Waals surface area contributed by atoms with Gasteiger partial charge in [0.2, 0.25) is 0 Å². The monoisotopic (exact) mass is 428 g/mol. The van der Waals surface area contributed by atoms with Crippen molar-refractivity contribution < 1.29 is 80.0 Å². The van der Waals surface area contributed by atoms with Crippen LogP contribution in [0.5, 0.6) is 0 Å². The molecule has 0 unspecified atom stereocenters. The van der Waals surface area contributed by atoms with Gasteiger partial charge in [0.1, 0.15) is 0 Å². The Hall–Kier alpha value is 1.20. The van der Waals surface area contributed by atoms with E-state index in [2.05, 4.69) is 6.49 Å². The van der Waals surface area contributed by atoms with Crippen LogP contribution in [0, 0.1) is 20.5 Å². The van der Waals surface area contributed by atoms with E-state index in [4.69, 9.17) is 0 Å². The fraction of sp³-hybridized carbons (Fsp3) is 1.00. The van der Waals surface area contributed by atoms with Crippen LogP contribution in [-0.2, 0) is 31.5 Å². The van der Waals surface area contributed by atoms with Crippen molar-refractivity contribution in [1.82, 2.24) is 0 Å². The summed E-state index contributed by atoms with van der Waals surface area (Å²) in [6.07, 6.45) is 0. The Morgan fingerprint density at radius 2 is 1.46 bits per heavy atom. The van der Waals surface area contributed by atoms with Crippen molar-refractivity contribution in [1.29, 1.82) is 0 Å². The Kier molecular flexibility index (Phi) is 6.47. The zero-order valence-electron chi connectivity index (χ0n) is 6.14. The van der Waals surface area contributed by atoms with Crippen molar-refractivity contribution in [3.8, 4) is 0 Å². The molecule has 0 aromatic rings. The van der Waals surface area contributed by atoms with Gasteiger partial charge in [0.15, 0.2) is 0 Å². The molecule has 0 aliphatic rings. The molecule has 13 heavy (non-hydrogen) atoms. The van der Waals surface area contributed by atoms with E-state index < -0.39 is 52.1 Å². The van der Waals surface area contributed by atoms with Crippen molar-refractivity contribution in [2.45, 2.75) is 3.93 Å². The molecule has 8 nitrogen and oxygen atoms in total. The molecule has 0 spiro atoms. The minimum absolute atomic E-state index is 0.0168. The average molecular weight is 428 g/mol. The van der Waals surface area contributed by atoms with Crippen molar-refractivity contribution in [3.63, 3.8) is 0 Å². The minimum atomic E-state index is -4.48. The third-order valence-electron chi connectivity index (χ3n) is 0.710. The van der Waals surface area contributed by atoms with Crippen LogP contribution in [0.2, 0.25) is 3.93 Å². The topological polar surface area (TPSA) is 157 Å². The fourth-order valence-corrected chi connectivity index (χ4v) is 6.16. The number of halogens is 2. The van der Waals surface area contributed by atoms with E-state index in [0.29, 0.717) is 0 Å². The van der Waals surface area contributed by atoms with Gasteiger partial charge in [0, 0.05) is 0 Å². The van der Waals surface area contributed by atoms with Gasteiger partial charge in [-0.2, -0.15) is 0 Å². The first-order chi connectivity index (χ1) is 5.71. The fourth-order valence-electron chi connectivity index (χ4n) is 0.357. The summed E-state index contributed by atoms with van der Waals surface area (Å²) in [5.74, 6) is 0. The van der Waals surface area contributed by atoms with E-state index in [-0.39, 0.29) is 3.93 Å². The van der Waals surface area contributed by atoms with Crippen LogP contribution in [0.1, 0.15) is 0 Å². The Balaban J connectivity index is 3.28. The SMILES string of the molecule is [O-][Cl+3]([O-])([O-])OC[CH2][Hg][O][Cl+3]([O-])([O-])[O-]. The standard InChI is InChI=1S/C2H4ClO4.ClHO4.Hg/c1-2-7-3(4,5)6;2-1(3,4)5;/h1-2H2;(H,2,3,4,5);/q;;+1/p-1. The second kappa shape index (κ2) is 5.93. The molecule has 0 bridgehead atoms. The quantitative estimate of drug-likeness (QED) is 0.299. The predicted molar refractivity (Wildman–Crippen MR) is 11.8 cm³/mol. The van der Waals surface area contributed by atoms with Crippen LogP contribution in [0.15, 0.2) is 0 Å². The van der Waals surface area contributed by atoms with E-state index in [1.165, 1.54) is 0 Å². The van der Waals surface area contributed by atoms with Gasteiger partial charge in [-0.15, -0.1) is 0 Å².